The minimum atomic E-state index is -0.909. The first-order valence-electron chi connectivity index (χ1n) is 13.3. The van der Waals surface area contributed by atoms with Crippen molar-refractivity contribution in [2.75, 3.05) is 25.5 Å². The molecule has 0 atom stereocenters. The van der Waals surface area contributed by atoms with Crippen LogP contribution in [-0.4, -0.2) is 54.5 Å². The molecule has 39 heavy (non-hydrogen) atoms. The van der Waals surface area contributed by atoms with Crippen LogP contribution in [-0.2, 0) is 19.7 Å². The maximum Gasteiger partial charge on any atom is 0.309 e. The van der Waals surface area contributed by atoms with Gasteiger partial charge in [-0.25, -0.2) is 4.39 Å². The smallest absolute Gasteiger partial charge is 0.309 e. The summed E-state index contributed by atoms with van der Waals surface area (Å²) in [7, 11) is 1.46. The summed E-state index contributed by atoms with van der Waals surface area (Å²) in [5.41, 5.74) is 0.679. The number of hydrogen-bond acceptors (Lipinski definition) is 5. The van der Waals surface area contributed by atoms with Crippen LogP contribution in [0, 0.1) is 11.7 Å². The molecule has 1 aliphatic heterocycles. The average molecular weight is 558 g/mol. The molecule has 0 radical (unpaired) electrons. The van der Waals surface area contributed by atoms with Crippen molar-refractivity contribution in [3.05, 3.63) is 63.9 Å². The molecule has 2 N–H and O–H groups in total. The van der Waals surface area contributed by atoms with Crippen molar-refractivity contribution in [1.82, 2.24) is 10.2 Å². The molecule has 1 aliphatic carbocycles. The first kappa shape index (κ1) is 29.0. The van der Waals surface area contributed by atoms with Crippen molar-refractivity contribution in [3.63, 3.8) is 0 Å². The summed E-state index contributed by atoms with van der Waals surface area (Å²) in [6.45, 7) is 10.6. The van der Waals surface area contributed by atoms with Crippen molar-refractivity contribution >= 4 is 35.1 Å². The fourth-order valence-corrected chi connectivity index (χ4v) is 5.62. The molecule has 2 amide bonds. The lowest BCUT2D eigenvalue weighted by Gasteiger charge is -2.56. The molecule has 0 bridgehead atoms. The van der Waals surface area contributed by atoms with Gasteiger partial charge in [0.2, 0.25) is 5.91 Å². The van der Waals surface area contributed by atoms with Crippen molar-refractivity contribution in [1.29, 1.82) is 0 Å². The van der Waals surface area contributed by atoms with Gasteiger partial charge in [0.1, 0.15) is 11.4 Å². The summed E-state index contributed by atoms with van der Waals surface area (Å²) in [6.07, 6.45) is 1.36. The fraction of sp³-hybridized carbons (Fsp3) is 0.500. The summed E-state index contributed by atoms with van der Waals surface area (Å²) < 4.78 is 20.0. The van der Waals surface area contributed by atoms with Crippen LogP contribution in [0.1, 0.15) is 74.9 Å². The molecule has 210 valence electrons. The zero-order valence-corrected chi connectivity index (χ0v) is 24.1. The lowest BCUT2D eigenvalue weighted by atomic mass is 9.67. The SMILES string of the molecule is CNC(=O)c1cc(Cl)c(F)cc1NC(=O)C1(c2ccccc2C(C)C)CN(C2CC(C(=O)OC(C)(C)C)C2)C1. The molecule has 7 nitrogen and oxygen atoms in total. The Morgan fingerprint density at radius 3 is 2.36 bits per heavy atom. The van der Waals surface area contributed by atoms with Gasteiger partial charge in [0.25, 0.3) is 5.91 Å². The molecular formula is C30H37ClFN3O4. The molecule has 0 unspecified atom stereocenters. The normalized spacial score (nSPS) is 20.5. The van der Waals surface area contributed by atoms with Crippen molar-refractivity contribution in [2.45, 2.75) is 70.4 Å². The number of rotatable bonds is 7. The largest absolute Gasteiger partial charge is 0.460 e. The third-order valence-electron chi connectivity index (χ3n) is 7.63. The van der Waals surface area contributed by atoms with Gasteiger partial charge in [-0.2, -0.15) is 0 Å². The van der Waals surface area contributed by atoms with Gasteiger partial charge in [0.05, 0.1) is 27.6 Å². The monoisotopic (exact) mass is 557 g/mol. The number of likely N-dealkylation sites (tertiary alicyclic amines) is 1. The Hall–Kier alpha value is -2.97. The minimum absolute atomic E-state index is 0.0646. The summed E-state index contributed by atoms with van der Waals surface area (Å²) in [4.78, 5) is 41.3. The summed E-state index contributed by atoms with van der Waals surface area (Å²) in [5, 5.41) is 5.16. The Morgan fingerprint density at radius 2 is 1.77 bits per heavy atom. The van der Waals surface area contributed by atoms with Crippen LogP contribution in [0.5, 0.6) is 0 Å². The Kier molecular flexibility index (Phi) is 8.11. The number of nitrogens with zero attached hydrogens (tertiary/aromatic N) is 1. The van der Waals surface area contributed by atoms with E-state index in [9.17, 15) is 18.8 Å². The molecule has 2 aromatic rings. The van der Waals surface area contributed by atoms with Crippen LogP contribution in [0.15, 0.2) is 36.4 Å². The lowest BCUT2D eigenvalue weighted by molar-refractivity contribution is -0.167. The number of hydrogen-bond donors (Lipinski definition) is 2. The van der Waals surface area contributed by atoms with E-state index in [1.165, 1.54) is 13.1 Å². The lowest BCUT2D eigenvalue weighted by Crippen LogP contribution is -2.69. The first-order valence-corrected chi connectivity index (χ1v) is 13.7. The number of carbonyl (C=O) groups is 3. The second-order valence-electron chi connectivity index (χ2n) is 11.9. The van der Waals surface area contributed by atoms with Crippen LogP contribution >= 0.6 is 11.6 Å². The maximum atomic E-state index is 14.4. The highest BCUT2D eigenvalue weighted by atomic mass is 35.5. The predicted octanol–water partition coefficient (Wildman–Crippen LogP) is 5.27. The molecule has 1 heterocycles. The number of nitrogens with one attached hydrogen (secondary N) is 2. The molecule has 2 aliphatic rings. The summed E-state index contributed by atoms with van der Waals surface area (Å²) >= 11 is 5.94. The van der Waals surface area contributed by atoms with Crippen LogP contribution < -0.4 is 10.6 Å². The van der Waals surface area contributed by atoms with Gasteiger partial charge in [0, 0.05) is 26.2 Å². The number of anilines is 1. The minimum Gasteiger partial charge on any atom is -0.460 e. The second kappa shape index (κ2) is 10.9. The van der Waals surface area contributed by atoms with Crippen LogP contribution in [0.25, 0.3) is 0 Å². The van der Waals surface area contributed by atoms with Gasteiger partial charge in [-0.05, 0) is 62.8 Å². The third kappa shape index (κ3) is 5.82. The molecule has 4 rings (SSSR count). The van der Waals surface area contributed by atoms with Gasteiger partial charge in [-0.1, -0.05) is 49.7 Å². The topological polar surface area (TPSA) is 87.7 Å². The standard InChI is InChI=1S/C30H37ClFN3O4/c1-17(2)20-9-7-8-10-22(20)30(15-35(16-30)19-11-18(12-19)27(37)39-29(3,4)5)28(38)34-25-14-24(32)23(31)13-21(25)26(36)33-6/h7-10,13-14,17-19H,11-12,15-16H2,1-6H3,(H,33,36)(H,34,38). The zero-order valence-electron chi connectivity index (χ0n) is 23.4. The highest BCUT2D eigenvalue weighted by molar-refractivity contribution is 6.31. The highest BCUT2D eigenvalue weighted by Crippen LogP contribution is 2.45. The number of esters is 1. The van der Waals surface area contributed by atoms with E-state index in [-0.39, 0.29) is 46.0 Å². The summed E-state index contributed by atoms with van der Waals surface area (Å²) in [6, 6.07) is 10.3. The van der Waals surface area contributed by atoms with E-state index in [0.717, 1.165) is 17.2 Å². The number of amides is 2. The molecule has 2 fully saturated rings. The van der Waals surface area contributed by atoms with E-state index in [2.05, 4.69) is 29.4 Å². The highest BCUT2D eigenvalue weighted by Gasteiger charge is 2.55. The van der Waals surface area contributed by atoms with Gasteiger partial charge in [0.15, 0.2) is 0 Å². The van der Waals surface area contributed by atoms with E-state index in [1.54, 1.807) is 0 Å². The average Bonchev–Trinajstić information content (AvgIpc) is 2.80. The maximum absolute atomic E-state index is 14.4. The van der Waals surface area contributed by atoms with E-state index in [0.29, 0.717) is 25.9 Å². The Labute approximate surface area is 234 Å². The van der Waals surface area contributed by atoms with Gasteiger partial charge in [-0.3, -0.25) is 19.3 Å². The molecular weight excluding hydrogens is 521 g/mol. The van der Waals surface area contributed by atoms with Crippen LogP contribution in [0.3, 0.4) is 0 Å². The van der Waals surface area contributed by atoms with Gasteiger partial charge >= 0.3 is 5.97 Å². The van der Waals surface area contributed by atoms with E-state index < -0.39 is 22.7 Å². The van der Waals surface area contributed by atoms with E-state index in [1.807, 2.05) is 45.0 Å². The van der Waals surface area contributed by atoms with Gasteiger partial charge in [-0.15, -0.1) is 0 Å². The Morgan fingerprint density at radius 1 is 1.13 bits per heavy atom. The third-order valence-corrected chi connectivity index (χ3v) is 7.92. The zero-order chi connectivity index (χ0) is 28.7. The quantitative estimate of drug-likeness (QED) is 0.453. The Bertz CT molecular complexity index is 1280. The first-order chi connectivity index (χ1) is 18.3. The van der Waals surface area contributed by atoms with Crippen molar-refractivity contribution in [3.8, 4) is 0 Å². The molecule has 2 aromatic carbocycles. The Balaban J connectivity index is 1.60. The van der Waals surface area contributed by atoms with E-state index in [4.69, 9.17) is 16.3 Å². The van der Waals surface area contributed by atoms with Crippen molar-refractivity contribution < 1.29 is 23.5 Å². The number of halogens is 2. The predicted molar refractivity (Wildman–Crippen MR) is 150 cm³/mol. The van der Waals surface area contributed by atoms with Crippen molar-refractivity contribution in [2.24, 2.45) is 5.92 Å². The molecule has 0 spiro atoms. The second-order valence-corrected chi connectivity index (χ2v) is 12.3. The number of carbonyl (C=O) groups excluding carboxylic acids is 3. The number of benzene rings is 2. The van der Waals surface area contributed by atoms with Crippen LogP contribution in [0.4, 0.5) is 10.1 Å². The van der Waals surface area contributed by atoms with Crippen LogP contribution in [0.2, 0.25) is 5.02 Å². The van der Waals surface area contributed by atoms with Gasteiger partial charge < -0.3 is 15.4 Å². The molecule has 0 aromatic heterocycles. The molecule has 1 saturated heterocycles. The van der Waals surface area contributed by atoms with E-state index >= 15 is 0 Å². The fourth-order valence-electron chi connectivity index (χ4n) is 5.46. The molecule has 1 saturated carbocycles. The number of ether oxygens (including phenoxy) is 1. The molecule has 9 heteroatoms. The summed E-state index contributed by atoms with van der Waals surface area (Å²) in [5.74, 6) is -1.68.